The molecule has 148 valence electrons. The summed E-state index contributed by atoms with van der Waals surface area (Å²) < 4.78 is 6.37. The van der Waals surface area contributed by atoms with E-state index in [-0.39, 0.29) is 24.6 Å². The van der Waals surface area contributed by atoms with E-state index >= 15 is 0 Å². The zero-order valence-corrected chi connectivity index (χ0v) is 17.2. The zero-order valence-electron chi connectivity index (χ0n) is 15.6. The van der Waals surface area contributed by atoms with Gasteiger partial charge in [-0.25, -0.2) is 0 Å². The molecule has 8 heteroatoms. The van der Waals surface area contributed by atoms with Crippen molar-refractivity contribution in [3.63, 3.8) is 0 Å². The third kappa shape index (κ3) is 3.63. The fourth-order valence-electron chi connectivity index (χ4n) is 3.45. The maximum atomic E-state index is 12.5. The average molecular weight is 456 g/mol. The third-order valence-corrected chi connectivity index (χ3v) is 5.66. The van der Waals surface area contributed by atoms with Gasteiger partial charge in [0.1, 0.15) is 5.58 Å². The van der Waals surface area contributed by atoms with Gasteiger partial charge >= 0.3 is 5.91 Å². The van der Waals surface area contributed by atoms with Crippen LogP contribution < -0.4 is 15.8 Å². The van der Waals surface area contributed by atoms with Crippen molar-refractivity contribution in [1.82, 2.24) is 10.9 Å². The number of hydrogen-bond acceptors (Lipinski definition) is 4. The highest BCUT2D eigenvalue weighted by molar-refractivity contribution is 9.10. The van der Waals surface area contributed by atoms with Crippen LogP contribution in [-0.2, 0) is 9.59 Å². The molecule has 3 amide bonds. The van der Waals surface area contributed by atoms with Gasteiger partial charge in [-0.3, -0.25) is 25.2 Å². The van der Waals surface area contributed by atoms with Crippen molar-refractivity contribution in [2.75, 3.05) is 11.4 Å². The number of hydrazine groups is 1. The first-order valence-corrected chi connectivity index (χ1v) is 9.88. The normalized spacial score (nSPS) is 16.3. The lowest BCUT2D eigenvalue weighted by Crippen LogP contribution is -2.45. The Balaban J connectivity index is 1.41. The first-order valence-electron chi connectivity index (χ1n) is 9.09. The minimum atomic E-state index is -0.563. The molecule has 1 aromatic heterocycles. The number of rotatable bonds is 3. The van der Waals surface area contributed by atoms with Crippen molar-refractivity contribution in [2.24, 2.45) is 5.92 Å². The molecule has 0 aliphatic carbocycles. The lowest BCUT2D eigenvalue weighted by molar-refractivity contribution is -0.126. The lowest BCUT2D eigenvalue weighted by Gasteiger charge is -2.18. The van der Waals surface area contributed by atoms with Gasteiger partial charge in [-0.2, -0.15) is 0 Å². The number of hydrogen-bond donors (Lipinski definition) is 2. The molecule has 1 saturated heterocycles. The van der Waals surface area contributed by atoms with Crippen LogP contribution in [0.5, 0.6) is 0 Å². The van der Waals surface area contributed by atoms with Crippen LogP contribution in [0.2, 0.25) is 0 Å². The molecule has 1 aliphatic rings. The molecule has 7 nitrogen and oxygen atoms in total. The van der Waals surface area contributed by atoms with Crippen LogP contribution in [-0.4, -0.2) is 24.3 Å². The van der Waals surface area contributed by atoms with Gasteiger partial charge in [0.05, 0.1) is 11.6 Å². The first kappa shape index (κ1) is 19.2. The van der Waals surface area contributed by atoms with E-state index in [1.165, 1.54) is 0 Å². The SMILES string of the molecule is Cc1c(C(=O)NNC(=O)C2CC(=O)N(c3ccccc3Br)C2)oc2ccccc12. The smallest absolute Gasteiger partial charge is 0.305 e. The third-order valence-electron chi connectivity index (χ3n) is 4.99. The number of benzene rings is 2. The van der Waals surface area contributed by atoms with Crippen molar-refractivity contribution >= 4 is 50.3 Å². The highest BCUT2D eigenvalue weighted by Gasteiger charge is 2.36. The molecule has 1 atom stereocenters. The molecule has 3 aromatic rings. The van der Waals surface area contributed by atoms with Crippen LogP contribution in [0.15, 0.2) is 57.4 Å². The number of carbonyl (C=O) groups excluding carboxylic acids is 3. The quantitative estimate of drug-likeness (QED) is 0.592. The Morgan fingerprint density at radius 3 is 2.59 bits per heavy atom. The fraction of sp³-hybridized carbons (Fsp3) is 0.190. The Bertz CT molecular complexity index is 1120. The number of amides is 3. The zero-order chi connectivity index (χ0) is 20.5. The van der Waals surface area contributed by atoms with Crippen molar-refractivity contribution in [3.05, 3.63) is 64.3 Å². The number of aryl methyl sites for hydroxylation is 1. The summed E-state index contributed by atoms with van der Waals surface area (Å²) in [6, 6.07) is 14.7. The first-order chi connectivity index (χ1) is 14.0. The van der Waals surface area contributed by atoms with Gasteiger partial charge in [-0.05, 0) is 41.1 Å². The minimum Gasteiger partial charge on any atom is -0.451 e. The monoisotopic (exact) mass is 455 g/mol. The molecule has 4 rings (SSSR count). The molecule has 0 radical (unpaired) electrons. The lowest BCUT2D eigenvalue weighted by atomic mass is 10.1. The highest BCUT2D eigenvalue weighted by Crippen LogP contribution is 2.31. The molecular formula is C21H18BrN3O4. The van der Waals surface area contributed by atoms with Gasteiger partial charge in [0, 0.05) is 28.4 Å². The Labute approximate surface area is 175 Å². The maximum absolute atomic E-state index is 12.5. The second-order valence-corrected chi connectivity index (χ2v) is 7.71. The van der Waals surface area contributed by atoms with E-state index in [1.807, 2.05) is 42.5 Å². The van der Waals surface area contributed by atoms with Crippen LogP contribution in [0.4, 0.5) is 5.69 Å². The predicted molar refractivity (Wildman–Crippen MR) is 111 cm³/mol. The fourth-order valence-corrected chi connectivity index (χ4v) is 3.95. The van der Waals surface area contributed by atoms with E-state index in [0.717, 1.165) is 15.5 Å². The molecule has 29 heavy (non-hydrogen) atoms. The minimum absolute atomic E-state index is 0.0761. The summed E-state index contributed by atoms with van der Waals surface area (Å²) in [5.41, 5.74) is 6.82. The number of anilines is 1. The van der Waals surface area contributed by atoms with Crippen LogP contribution in [0.25, 0.3) is 11.0 Å². The highest BCUT2D eigenvalue weighted by atomic mass is 79.9. The van der Waals surface area contributed by atoms with E-state index < -0.39 is 17.7 Å². The average Bonchev–Trinajstić information content (AvgIpc) is 3.27. The number of halogens is 1. The summed E-state index contributed by atoms with van der Waals surface area (Å²) in [5.74, 6) is -1.53. The molecule has 1 aliphatic heterocycles. The van der Waals surface area contributed by atoms with Crippen LogP contribution in [0.1, 0.15) is 22.5 Å². The Morgan fingerprint density at radius 1 is 1.10 bits per heavy atom. The number of fused-ring (bicyclic) bond motifs is 1. The van der Waals surface area contributed by atoms with E-state index in [0.29, 0.717) is 11.1 Å². The molecule has 0 bridgehead atoms. The van der Waals surface area contributed by atoms with Gasteiger partial charge in [0.2, 0.25) is 11.8 Å². The van der Waals surface area contributed by atoms with Crippen LogP contribution in [0.3, 0.4) is 0 Å². The van der Waals surface area contributed by atoms with E-state index in [4.69, 9.17) is 4.42 Å². The summed E-state index contributed by atoms with van der Waals surface area (Å²) in [6.07, 6.45) is 0.0761. The predicted octanol–water partition coefficient (Wildman–Crippen LogP) is 3.32. The molecule has 0 saturated carbocycles. The largest absolute Gasteiger partial charge is 0.451 e. The van der Waals surface area contributed by atoms with Gasteiger partial charge in [0.15, 0.2) is 5.76 Å². The molecule has 0 spiro atoms. The van der Waals surface area contributed by atoms with E-state index in [9.17, 15) is 14.4 Å². The van der Waals surface area contributed by atoms with E-state index in [1.54, 1.807) is 17.9 Å². The molecule has 2 N–H and O–H groups in total. The van der Waals surface area contributed by atoms with Gasteiger partial charge in [-0.1, -0.05) is 30.3 Å². The van der Waals surface area contributed by atoms with Crippen LogP contribution >= 0.6 is 15.9 Å². The van der Waals surface area contributed by atoms with Crippen molar-refractivity contribution in [1.29, 1.82) is 0 Å². The van der Waals surface area contributed by atoms with Crippen molar-refractivity contribution in [2.45, 2.75) is 13.3 Å². The second kappa shape index (κ2) is 7.71. The van der Waals surface area contributed by atoms with E-state index in [2.05, 4.69) is 26.8 Å². The summed E-state index contributed by atoms with van der Waals surface area (Å²) in [5, 5.41) is 0.842. The number of nitrogens with one attached hydrogen (secondary N) is 2. The van der Waals surface area contributed by atoms with Gasteiger partial charge in [0.25, 0.3) is 0 Å². The second-order valence-electron chi connectivity index (χ2n) is 6.85. The summed E-state index contributed by atoms with van der Waals surface area (Å²) >= 11 is 3.43. The van der Waals surface area contributed by atoms with Gasteiger partial charge in [-0.15, -0.1) is 0 Å². The van der Waals surface area contributed by atoms with Gasteiger partial charge < -0.3 is 9.32 Å². The topological polar surface area (TPSA) is 91.7 Å². The van der Waals surface area contributed by atoms with Crippen molar-refractivity contribution in [3.8, 4) is 0 Å². The standard InChI is InChI=1S/C21H18BrN3O4/c1-12-14-6-2-5-9-17(14)29-19(12)21(28)24-23-20(27)13-10-18(26)25(11-13)16-8-4-3-7-15(16)22/h2-9,13H,10-11H2,1H3,(H,23,27)(H,24,28). The number of carbonyl (C=O) groups is 3. The molecule has 1 fully saturated rings. The Morgan fingerprint density at radius 2 is 1.83 bits per heavy atom. The van der Waals surface area contributed by atoms with Crippen LogP contribution in [0, 0.1) is 12.8 Å². The summed E-state index contributed by atoms with van der Waals surface area (Å²) in [7, 11) is 0. The summed E-state index contributed by atoms with van der Waals surface area (Å²) in [6.45, 7) is 2.03. The summed E-state index contributed by atoms with van der Waals surface area (Å²) in [4.78, 5) is 38.9. The molecule has 1 unspecified atom stereocenters. The maximum Gasteiger partial charge on any atom is 0.305 e. The Kier molecular flexibility index (Phi) is 5.10. The number of nitrogens with zero attached hydrogens (tertiary/aromatic N) is 1. The molecular weight excluding hydrogens is 438 g/mol. The number of furan rings is 1. The Hall–Kier alpha value is -3.13. The molecule has 2 heterocycles. The number of para-hydroxylation sites is 2. The van der Waals surface area contributed by atoms with Crippen molar-refractivity contribution < 1.29 is 18.8 Å². The molecule has 2 aromatic carbocycles.